The summed E-state index contributed by atoms with van der Waals surface area (Å²) in [7, 11) is 0. The van der Waals surface area contributed by atoms with Crippen molar-refractivity contribution in [1.29, 1.82) is 0 Å². The Labute approximate surface area is 102 Å². The fraction of sp³-hybridized carbons (Fsp3) is 0.750. The third-order valence-corrected chi connectivity index (χ3v) is 3.38. The van der Waals surface area contributed by atoms with E-state index in [2.05, 4.69) is 31.2 Å². The van der Waals surface area contributed by atoms with Crippen LogP contribution in [0.3, 0.4) is 0 Å². The number of rotatable bonds is 0. The molecule has 0 aromatic heterocycles. The topological polar surface area (TPSA) is 0 Å². The molecule has 1 atom stereocenters. The maximum Gasteiger partial charge on any atom is -0.0227 e. The Balaban J connectivity index is 2.26. The summed E-state index contributed by atoms with van der Waals surface area (Å²) < 4.78 is 0. The molecular formula is C16H28. The average molecular weight is 220 g/mol. The SMILES string of the molecule is CC1/C=C/CCCCCCCCC/C=C/C1. The minimum Gasteiger partial charge on any atom is -0.0885 e. The largest absolute Gasteiger partial charge is 0.0885 e. The van der Waals surface area contributed by atoms with E-state index in [1.165, 1.54) is 64.2 Å². The number of hydrogen-bond acceptors (Lipinski definition) is 0. The van der Waals surface area contributed by atoms with E-state index in [4.69, 9.17) is 0 Å². The maximum absolute atomic E-state index is 2.39. The van der Waals surface area contributed by atoms with Gasteiger partial charge in [-0.3, -0.25) is 0 Å². The highest BCUT2D eigenvalue weighted by molar-refractivity contribution is 4.92. The van der Waals surface area contributed by atoms with E-state index in [-0.39, 0.29) is 0 Å². The van der Waals surface area contributed by atoms with Gasteiger partial charge < -0.3 is 0 Å². The van der Waals surface area contributed by atoms with Crippen LogP contribution in [0.4, 0.5) is 0 Å². The minimum absolute atomic E-state index is 0.723. The Morgan fingerprint density at radius 1 is 0.688 bits per heavy atom. The first-order valence-electron chi connectivity index (χ1n) is 7.21. The van der Waals surface area contributed by atoms with Crippen molar-refractivity contribution in [2.24, 2.45) is 5.92 Å². The monoisotopic (exact) mass is 220 g/mol. The normalized spacial score (nSPS) is 29.9. The van der Waals surface area contributed by atoms with E-state index in [1.807, 2.05) is 0 Å². The molecule has 0 radical (unpaired) electrons. The molecule has 0 N–H and O–H groups in total. The van der Waals surface area contributed by atoms with Gasteiger partial charge in [0.1, 0.15) is 0 Å². The first-order valence-corrected chi connectivity index (χ1v) is 7.21. The van der Waals surface area contributed by atoms with Gasteiger partial charge in [0, 0.05) is 0 Å². The van der Waals surface area contributed by atoms with Crippen LogP contribution in [-0.2, 0) is 0 Å². The van der Waals surface area contributed by atoms with Crippen LogP contribution in [0.25, 0.3) is 0 Å². The molecule has 0 aromatic carbocycles. The molecule has 1 rings (SSSR count). The van der Waals surface area contributed by atoms with Crippen molar-refractivity contribution in [2.75, 3.05) is 0 Å². The van der Waals surface area contributed by atoms with Crippen molar-refractivity contribution < 1.29 is 0 Å². The van der Waals surface area contributed by atoms with Crippen LogP contribution in [0.15, 0.2) is 24.3 Å². The lowest BCUT2D eigenvalue weighted by atomic mass is 10.1. The molecule has 1 aliphatic carbocycles. The highest BCUT2D eigenvalue weighted by Crippen LogP contribution is 2.13. The summed E-state index contributed by atoms with van der Waals surface area (Å²) in [4.78, 5) is 0. The first kappa shape index (κ1) is 13.5. The van der Waals surface area contributed by atoms with Crippen molar-refractivity contribution in [3.63, 3.8) is 0 Å². The molecule has 0 nitrogen and oxygen atoms in total. The molecule has 0 fully saturated rings. The molecule has 0 aromatic rings. The Bertz CT molecular complexity index is 200. The zero-order valence-corrected chi connectivity index (χ0v) is 11.0. The van der Waals surface area contributed by atoms with Crippen LogP contribution >= 0.6 is 0 Å². The van der Waals surface area contributed by atoms with Crippen molar-refractivity contribution >= 4 is 0 Å². The summed E-state index contributed by atoms with van der Waals surface area (Å²) in [5.74, 6) is 0.723. The Morgan fingerprint density at radius 2 is 1.25 bits per heavy atom. The summed E-state index contributed by atoms with van der Waals surface area (Å²) in [6.07, 6.45) is 23.3. The van der Waals surface area contributed by atoms with Crippen molar-refractivity contribution in [1.82, 2.24) is 0 Å². The van der Waals surface area contributed by atoms with E-state index < -0.39 is 0 Å². The van der Waals surface area contributed by atoms with Gasteiger partial charge in [-0.15, -0.1) is 0 Å². The van der Waals surface area contributed by atoms with E-state index >= 15 is 0 Å². The fourth-order valence-electron chi connectivity index (χ4n) is 2.24. The van der Waals surface area contributed by atoms with Gasteiger partial charge in [0.2, 0.25) is 0 Å². The van der Waals surface area contributed by atoms with Crippen LogP contribution < -0.4 is 0 Å². The molecular weight excluding hydrogens is 192 g/mol. The summed E-state index contributed by atoms with van der Waals surface area (Å²) in [6.45, 7) is 2.32. The lowest BCUT2D eigenvalue weighted by Gasteiger charge is -2.01. The van der Waals surface area contributed by atoms with Gasteiger partial charge in [-0.2, -0.15) is 0 Å². The lowest BCUT2D eigenvalue weighted by molar-refractivity contribution is 0.583. The molecule has 0 saturated heterocycles. The highest BCUT2D eigenvalue weighted by atomic mass is 14.0. The Hall–Kier alpha value is -0.520. The zero-order chi connectivity index (χ0) is 11.5. The van der Waals surface area contributed by atoms with E-state index in [1.54, 1.807) is 0 Å². The molecule has 0 saturated carbocycles. The predicted octanol–water partition coefficient (Wildman–Crippen LogP) is 5.65. The van der Waals surface area contributed by atoms with Gasteiger partial charge in [-0.05, 0) is 38.0 Å². The quantitative estimate of drug-likeness (QED) is 0.463. The number of allylic oxidation sites excluding steroid dienone is 4. The summed E-state index contributed by atoms with van der Waals surface area (Å²) in [6, 6.07) is 0. The van der Waals surface area contributed by atoms with Crippen molar-refractivity contribution in [3.05, 3.63) is 24.3 Å². The molecule has 0 heteroatoms. The Morgan fingerprint density at radius 3 is 1.94 bits per heavy atom. The number of hydrogen-bond donors (Lipinski definition) is 0. The van der Waals surface area contributed by atoms with Gasteiger partial charge in [-0.25, -0.2) is 0 Å². The third-order valence-electron chi connectivity index (χ3n) is 3.38. The summed E-state index contributed by atoms with van der Waals surface area (Å²) in [5.41, 5.74) is 0. The standard InChI is InChI=1S/C16H28/c1-16-14-12-10-8-6-4-2-3-5-7-9-11-13-15-16/h10,12-13,15-16H,2-9,11,14H2,1H3/b12-10+,15-13+. The third kappa shape index (κ3) is 7.73. The average Bonchev–Trinajstić information content (AvgIpc) is 2.29. The molecule has 1 unspecified atom stereocenters. The summed E-state index contributed by atoms with van der Waals surface area (Å²) in [5, 5.41) is 0. The molecule has 1 aliphatic rings. The highest BCUT2D eigenvalue weighted by Gasteiger charge is 1.95. The predicted molar refractivity (Wildman–Crippen MR) is 73.6 cm³/mol. The van der Waals surface area contributed by atoms with Crippen LogP contribution in [0.5, 0.6) is 0 Å². The second-order valence-electron chi connectivity index (χ2n) is 5.16. The molecule has 0 bridgehead atoms. The molecule has 16 heavy (non-hydrogen) atoms. The minimum atomic E-state index is 0.723. The van der Waals surface area contributed by atoms with Gasteiger partial charge in [0.25, 0.3) is 0 Å². The molecule has 92 valence electrons. The van der Waals surface area contributed by atoms with Crippen molar-refractivity contribution in [3.8, 4) is 0 Å². The molecule has 0 spiro atoms. The summed E-state index contributed by atoms with van der Waals surface area (Å²) >= 11 is 0. The van der Waals surface area contributed by atoms with Crippen LogP contribution in [0.2, 0.25) is 0 Å². The molecule has 0 heterocycles. The maximum atomic E-state index is 2.39. The van der Waals surface area contributed by atoms with Crippen LogP contribution in [0, 0.1) is 5.92 Å². The second-order valence-corrected chi connectivity index (χ2v) is 5.16. The van der Waals surface area contributed by atoms with Gasteiger partial charge in [0.15, 0.2) is 0 Å². The Kier molecular flexibility index (Phi) is 8.20. The van der Waals surface area contributed by atoms with E-state index in [0.29, 0.717) is 0 Å². The van der Waals surface area contributed by atoms with Gasteiger partial charge >= 0.3 is 0 Å². The van der Waals surface area contributed by atoms with Crippen LogP contribution in [-0.4, -0.2) is 0 Å². The van der Waals surface area contributed by atoms with Gasteiger partial charge in [0.05, 0.1) is 0 Å². The first-order chi connectivity index (χ1) is 7.89. The zero-order valence-electron chi connectivity index (χ0n) is 11.0. The van der Waals surface area contributed by atoms with Gasteiger partial charge in [-0.1, -0.05) is 63.3 Å². The molecule has 0 aliphatic heterocycles. The van der Waals surface area contributed by atoms with E-state index in [9.17, 15) is 0 Å². The fourth-order valence-corrected chi connectivity index (χ4v) is 2.24. The smallest absolute Gasteiger partial charge is 0.0227 e. The second kappa shape index (κ2) is 9.69. The molecule has 0 amide bonds. The van der Waals surface area contributed by atoms with Crippen LogP contribution in [0.1, 0.15) is 71.1 Å². The van der Waals surface area contributed by atoms with Crippen molar-refractivity contribution in [2.45, 2.75) is 71.1 Å². The van der Waals surface area contributed by atoms with E-state index in [0.717, 1.165) is 5.92 Å². The lowest BCUT2D eigenvalue weighted by Crippen LogP contribution is -1.85.